The predicted octanol–water partition coefficient (Wildman–Crippen LogP) is 2.38. The van der Waals surface area contributed by atoms with Crippen LogP contribution in [-0.4, -0.2) is 32.7 Å². The second-order valence-corrected chi connectivity index (χ2v) is 4.63. The summed E-state index contributed by atoms with van der Waals surface area (Å²) in [7, 11) is 1.55. The van der Waals surface area contributed by atoms with Gasteiger partial charge in [-0.15, -0.1) is 11.3 Å². The summed E-state index contributed by atoms with van der Waals surface area (Å²) in [5, 5.41) is 3.96. The van der Waals surface area contributed by atoms with Crippen LogP contribution in [0.25, 0.3) is 0 Å². The molecule has 0 aromatic carbocycles. The third kappa shape index (κ3) is 3.36. The van der Waals surface area contributed by atoms with Crippen LogP contribution in [0.2, 0.25) is 0 Å². The fourth-order valence-electron chi connectivity index (χ4n) is 1.50. The topological polar surface area (TPSA) is 73.6 Å². The van der Waals surface area contributed by atoms with Crippen LogP contribution >= 0.6 is 11.3 Å². The van der Waals surface area contributed by atoms with Gasteiger partial charge in [0, 0.05) is 19.6 Å². The number of ketones is 1. The molecular weight excluding hydrogens is 252 g/mol. The van der Waals surface area contributed by atoms with Gasteiger partial charge < -0.3 is 20.5 Å². The van der Waals surface area contributed by atoms with Crippen molar-refractivity contribution in [3.8, 4) is 5.75 Å². The zero-order chi connectivity index (χ0) is 13.5. The molecular formula is C12H20N2O3S. The van der Waals surface area contributed by atoms with Crippen molar-refractivity contribution in [2.75, 3.05) is 37.9 Å². The zero-order valence-corrected chi connectivity index (χ0v) is 11.9. The predicted molar refractivity (Wildman–Crippen MR) is 74.9 cm³/mol. The minimum absolute atomic E-state index is 0.0358. The quantitative estimate of drug-likeness (QED) is 0.561. The molecule has 0 saturated carbocycles. The van der Waals surface area contributed by atoms with Gasteiger partial charge in [-0.05, 0) is 6.92 Å². The van der Waals surface area contributed by atoms with E-state index in [1.165, 1.54) is 11.3 Å². The van der Waals surface area contributed by atoms with Gasteiger partial charge in [0.05, 0.1) is 24.3 Å². The van der Waals surface area contributed by atoms with Crippen LogP contribution in [0, 0.1) is 0 Å². The molecule has 18 heavy (non-hydrogen) atoms. The van der Waals surface area contributed by atoms with Gasteiger partial charge in [-0.3, -0.25) is 4.79 Å². The summed E-state index contributed by atoms with van der Waals surface area (Å²) >= 11 is 1.34. The normalized spacial score (nSPS) is 10.4. The summed E-state index contributed by atoms with van der Waals surface area (Å²) in [6.45, 7) is 5.71. The first-order valence-electron chi connectivity index (χ1n) is 5.96. The van der Waals surface area contributed by atoms with Crippen molar-refractivity contribution in [2.24, 2.45) is 0 Å². The van der Waals surface area contributed by atoms with Crippen LogP contribution < -0.4 is 15.8 Å². The highest BCUT2D eigenvalue weighted by Gasteiger charge is 2.20. The Bertz CT molecular complexity index is 404. The number of thiophene rings is 1. The van der Waals surface area contributed by atoms with E-state index in [-0.39, 0.29) is 5.78 Å². The number of carbonyl (C=O) groups is 1. The van der Waals surface area contributed by atoms with Gasteiger partial charge in [-0.1, -0.05) is 6.92 Å². The first-order valence-corrected chi connectivity index (χ1v) is 6.78. The Morgan fingerprint density at radius 2 is 2.17 bits per heavy atom. The molecule has 3 N–H and O–H groups in total. The first-order chi connectivity index (χ1) is 8.65. The van der Waals surface area contributed by atoms with Crippen molar-refractivity contribution in [3.05, 3.63) is 4.88 Å². The second kappa shape index (κ2) is 7.23. The van der Waals surface area contributed by atoms with Gasteiger partial charge in [-0.25, -0.2) is 0 Å². The van der Waals surface area contributed by atoms with Crippen molar-refractivity contribution < 1.29 is 14.3 Å². The van der Waals surface area contributed by atoms with Gasteiger partial charge in [0.2, 0.25) is 0 Å². The molecule has 0 aliphatic rings. The van der Waals surface area contributed by atoms with Gasteiger partial charge in [-0.2, -0.15) is 0 Å². The van der Waals surface area contributed by atoms with Crippen LogP contribution in [0.5, 0.6) is 5.75 Å². The number of carbonyl (C=O) groups excluding carboxylic acids is 1. The van der Waals surface area contributed by atoms with E-state index in [9.17, 15) is 4.79 Å². The van der Waals surface area contributed by atoms with Crippen molar-refractivity contribution in [3.63, 3.8) is 0 Å². The summed E-state index contributed by atoms with van der Waals surface area (Å²) in [5.41, 5.74) is 6.34. The van der Waals surface area contributed by atoms with E-state index in [0.29, 0.717) is 42.5 Å². The van der Waals surface area contributed by atoms with Crippen LogP contribution in [0.4, 0.5) is 10.7 Å². The third-order valence-electron chi connectivity index (χ3n) is 2.41. The smallest absolute Gasteiger partial charge is 0.176 e. The number of nitrogens with one attached hydrogen (secondary N) is 1. The summed E-state index contributed by atoms with van der Waals surface area (Å²) in [6.07, 6.45) is 0.437. The Morgan fingerprint density at radius 3 is 2.72 bits per heavy atom. The summed E-state index contributed by atoms with van der Waals surface area (Å²) in [6, 6.07) is 0. The fourth-order valence-corrected chi connectivity index (χ4v) is 2.62. The fraction of sp³-hybridized carbons (Fsp3) is 0.583. The molecule has 0 aliphatic carbocycles. The van der Waals surface area contributed by atoms with E-state index in [4.69, 9.17) is 15.2 Å². The van der Waals surface area contributed by atoms with Gasteiger partial charge in [0.1, 0.15) is 5.00 Å². The number of Topliss-reactive ketones (excluding diaryl/α,β-unsaturated/α-hetero) is 1. The number of nitrogen functional groups attached to an aromatic ring is 1. The highest BCUT2D eigenvalue weighted by atomic mass is 32.1. The molecule has 0 saturated heterocycles. The molecule has 0 spiro atoms. The maximum Gasteiger partial charge on any atom is 0.176 e. The number of hydrogen-bond donors (Lipinski definition) is 2. The van der Waals surface area contributed by atoms with Crippen LogP contribution in [0.15, 0.2) is 0 Å². The van der Waals surface area contributed by atoms with Gasteiger partial charge in [0.15, 0.2) is 11.5 Å². The molecule has 1 heterocycles. The number of ether oxygens (including phenoxy) is 2. The molecule has 0 radical (unpaired) electrons. The van der Waals surface area contributed by atoms with E-state index >= 15 is 0 Å². The molecule has 0 unspecified atom stereocenters. The molecule has 102 valence electrons. The molecule has 0 bridgehead atoms. The molecule has 1 rings (SSSR count). The van der Waals surface area contributed by atoms with E-state index in [1.807, 2.05) is 13.8 Å². The molecule has 0 fully saturated rings. The Kier molecular flexibility index (Phi) is 5.94. The minimum Gasteiger partial charge on any atom is -0.492 e. The summed E-state index contributed by atoms with van der Waals surface area (Å²) in [4.78, 5) is 12.3. The molecule has 1 aromatic rings. The largest absolute Gasteiger partial charge is 0.492 e. The Labute approximate surface area is 111 Å². The van der Waals surface area contributed by atoms with Gasteiger partial charge in [0.25, 0.3) is 0 Å². The monoisotopic (exact) mass is 272 g/mol. The molecule has 6 heteroatoms. The van der Waals surface area contributed by atoms with Crippen molar-refractivity contribution >= 4 is 27.8 Å². The van der Waals surface area contributed by atoms with Crippen molar-refractivity contribution in [1.82, 2.24) is 0 Å². The zero-order valence-electron chi connectivity index (χ0n) is 11.0. The average molecular weight is 272 g/mol. The highest BCUT2D eigenvalue weighted by molar-refractivity contribution is 7.19. The van der Waals surface area contributed by atoms with Crippen LogP contribution in [0.3, 0.4) is 0 Å². The molecule has 1 aromatic heterocycles. The Morgan fingerprint density at radius 1 is 1.44 bits per heavy atom. The third-order valence-corrected chi connectivity index (χ3v) is 3.60. The van der Waals surface area contributed by atoms with Crippen molar-refractivity contribution in [1.29, 1.82) is 0 Å². The molecule has 0 amide bonds. The summed E-state index contributed by atoms with van der Waals surface area (Å²) < 4.78 is 10.5. The van der Waals surface area contributed by atoms with E-state index in [2.05, 4.69) is 5.32 Å². The average Bonchev–Trinajstić information content (AvgIpc) is 2.70. The number of anilines is 2. The van der Waals surface area contributed by atoms with E-state index in [0.717, 1.165) is 5.00 Å². The Balaban J connectivity index is 2.80. The lowest BCUT2D eigenvalue weighted by atomic mass is 10.2. The van der Waals surface area contributed by atoms with Gasteiger partial charge >= 0.3 is 0 Å². The van der Waals surface area contributed by atoms with E-state index < -0.39 is 0 Å². The molecule has 0 atom stereocenters. The lowest BCUT2D eigenvalue weighted by Crippen LogP contribution is -2.08. The molecule has 0 aliphatic heterocycles. The SMILES string of the molecule is CCOCCNc1sc(C(=O)CC)c(N)c1OC. The number of methoxy groups -OCH3 is 1. The summed E-state index contributed by atoms with van der Waals surface area (Å²) in [5.74, 6) is 0.585. The maximum absolute atomic E-state index is 11.7. The van der Waals surface area contributed by atoms with Crippen molar-refractivity contribution in [2.45, 2.75) is 20.3 Å². The van der Waals surface area contributed by atoms with Crippen LogP contribution in [0.1, 0.15) is 29.9 Å². The van der Waals surface area contributed by atoms with E-state index in [1.54, 1.807) is 7.11 Å². The van der Waals surface area contributed by atoms with Crippen LogP contribution in [-0.2, 0) is 4.74 Å². The second-order valence-electron chi connectivity index (χ2n) is 3.61. The molecule has 5 nitrogen and oxygen atoms in total. The number of hydrogen-bond acceptors (Lipinski definition) is 6. The first kappa shape index (κ1) is 14.8. The maximum atomic E-state index is 11.7. The number of nitrogens with two attached hydrogens (primary N) is 1. The number of rotatable bonds is 8. The lowest BCUT2D eigenvalue weighted by Gasteiger charge is -2.06. The lowest BCUT2D eigenvalue weighted by molar-refractivity contribution is 0.0992. The minimum atomic E-state index is 0.0358. The highest BCUT2D eigenvalue weighted by Crippen LogP contribution is 2.42. The Hall–Kier alpha value is -1.27. The standard InChI is InChI=1S/C12H20N2O3S/c1-4-8(15)11-9(13)10(16-3)12(18-11)14-6-7-17-5-2/h14H,4-7,13H2,1-3H3.